The monoisotopic (exact) mass is 380 g/mol. The van der Waals surface area contributed by atoms with E-state index in [1.54, 1.807) is 34.0 Å². The Hall–Kier alpha value is -3.28. The molecule has 0 aliphatic rings. The van der Waals surface area contributed by atoms with Gasteiger partial charge in [-0.05, 0) is 31.9 Å². The van der Waals surface area contributed by atoms with Gasteiger partial charge in [0.25, 0.3) is 11.1 Å². The SMILES string of the molecule is Cc1c(C(Cc2ccccc2)c2c(O)cc(C)n(C)c2=O)c(O)cc(=O)n1C. The van der Waals surface area contributed by atoms with Crippen LogP contribution in [0.4, 0.5) is 0 Å². The van der Waals surface area contributed by atoms with Gasteiger partial charge in [0.05, 0.1) is 5.56 Å². The lowest BCUT2D eigenvalue weighted by molar-refractivity contribution is 0.445. The van der Waals surface area contributed by atoms with Crippen molar-refractivity contribution in [1.29, 1.82) is 0 Å². The predicted molar refractivity (Wildman–Crippen MR) is 108 cm³/mol. The zero-order valence-electron chi connectivity index (χ0n) is 16.4. The molecule has 1 unspecified atom stereocenters. The number of pyridine rings is 2. The number of aromatic nitrogens is 2. The maximum atomic E-state index is 13.0. The van der Waals surface area contributed by atoms with Gasteiger partial charge in [-0.2, -0.15) is 0 Å². The molecule has 6 heteroatoms. The van der Waals surface area contributed by atoms with Crippen molar-refractivity contribution in [1.82, 2.24) is 9.13 Å². The number of aromatic hydroxyl groups is 2. The van der Waals surface area contributed by atoms with Crippen molar-refractivity contribution in [2.45, 2.75) is 26.2 Å². The van der Waals surface area contributed by atoms with Crippen LogP contribution in [0.2, 0.25) is 0 Å². The predicted octanol–water partition coefficient (Wildman–Crippen LogP) is 2.49. The third-order valence-corrected chi connectivity index (χ3v) is 5.42. The molecule has 0 radical (unpaired) electrons. The van der Waals surface area contributed by atoms with Crippen LogP contribution >= 0.6 is 0 Å². The summed E-state index contributed by atoms with van der Waals surface area (Å²) >= 11 is 0. The molecule has 3 rings (SSSR count). The van der Waals surface area contributed by atoms with E-state index in [-0.39, 0.29) is 28.2 Å². The molecule has 0 saturated carbocycles. The van der Waals surface area contributed by atoms with Gasteiger partial charge in [-0.1, -0.05) is 30.3 Å². The molecule has 0 saturated heterocycles. The Labute approximate surface area is 163 Å². The van der Waals surface area contributed by atoms with Crippen molar-refractivity contribution in [3.63, 3.8) is 0 Å². The topological polar surface area (TPSA) is 84.5 Å². The molecule has 2 N–H and O–H groups in total. The van der Waals surface area contributed by atoms with Crippen molar-refractivity contribution in [2.75, 3.05) is 0 Å². The average molecular weight is 380 g/mol. The fraction of sp³-hybridized carbons (Fsp3) is 0.273. The standard InChI is InChI=1S/C22H24N2O4/c1-13-10-17(25)21(22(28)23(13)3)16(11-15-8-6-5-7-9-15)20-14(2)24(4)19(27)12-18(20)26/h5-10,12,16,25-26H,11H2,1-4H3. The van der Waals surface area contributed by atoms with Gasteiger partial charge in [-0.15, -0.1) is 0 Å². The van der Waals surface area contributed by atoms with Crippen LogP contribution < -0.4 is 11.1 Å². The first kappa shape index (κ1) is 19.5. The van der Waals surface area contributed by atoms with Gasteiger partial charge < -0.3 is 19.3 Å². The first-order chi connectivity index (χ1) is 13.2. The highest BCUT2D eigenvalue weighted by atomic mass is 16.3. The first-order valence-corrected chi connectivity index (χ1v) is 9.05. The number of hydrogen-bond acceptors (Lipinski definition) is 4. The molecular weight excluding hydrogens is 356 g/mol. The summed E-state index contributed by atoms with van der Waals surface area (Å²) in [5.41, 5.74) is 2.13. The van der Waals surface area contributed by atoms with Gasteiger partial charge in [0.15, 0.2) is 0 Å². The zero-order valence-corrected chi connectivity index (χ0v) is 16.4. The molecule has 0 spiro atoms. The van der Waals surface area contributed by atoms with Crippen LogP contribution in [-0.2, 0) is 20.5 Å². The molecule has 0 fully saturated rings. The zero-order chi connectivity index (χ0) is 20.6. The Kier molecular flexibility index (Phi) is 5.14. The van der Waals surface area contributed by atoms with E-state index in [2.05, 4.69) is 0 Å². The van der Waals surface area contributed by atoms with Crippen LogP contribution in [0.25, 0.3) is 0 Å². The highest BCUT2D eigenvalue weighted by Gasteiger charge is 2.28. The van der Waals surface area contributed by atoms with E-state index in [1.807, 2.05) is 30.3 Å². The fourth-order valence-electron chi connectivity index (χ4n) is 3.60. The summed E-state index contributed by atoms with van der Waals surface area (Å²) in [4.78, 5) is 25.1. The van der Waals surface area contributed by atoms with E-state index in [0.717, 1.165) is 11.6 Å². The molecular formula is C22H24N2O4. The number of aryl methyl sites for hydroxylation is 1. The van der Waals surface area contributed by atoms with Crippen molar-refractivity contribution in [3.8, 4) is 11.5 Å². The maximum Gasteiger partial charge on any atom is 0.258 e. The molecule has 0 bridgehead atoms. The molecule has 2 aromatic heterocycles. The summed E-state index contributed by atoms with van der Waals surface area (Å²) in [6.45, 7) is 3.47. The Balaban J connectivity index is 2.33. The van der Waals surface area contributed by atoms with Crippen LogP contribution in [0, 0.1) is 13.8 Å². The number of rotatable bonds is 4. The first-order valence-electron chi connectivity index (χ1n) is 9.05. The van der Waals surface area contributed by atoms with Crippen molar-refractivity contribution >= 4 is 0 Å². The van der Waals surface area contributed by atoms with Gasteiger partial charge in [0.2, 0.25) is 0 Å². The van der Waals surface area contributed by atoms with Gasteiger partial charge in [0.1, 0.15) is 11.5 Å². The van der Waals surface area contributed by atoms with Gasteiger partial charge >= 0.3 is 0 Å². The summed E-state index contributed by atoms with van der Waals surface area (Å²) in [5.74, 6) is -0.911. The molecule has 0 aliphatic heterocycles. The molecule has 0 aliphatic carbocycles. The second-order valence-electron chi connectivity index (χ2n) is 7.12. The summed E-state index contributed by atoms with van der Waals surface area (Å²) in [5, 5.41) is 21.3. The highest BCUT2D eigenvalue weighted by Crippen LogP contribution is 2.37. The van der Waals surface area contributed by atoms with Gasteiger partial charge in [-0.3, -0.25) is 9.59 Å². The quantitative estimate of drug-likeness (QED) is 0.728. The minimum Gasteiger partial charge on any atom is -0.507 e. The Morgan fingerprint density at radius 1 is 0.893 bits per heavy atom. The summed E-state index contributed by atoms with van der Waals surface area (Å²) < 4.78 is 2.91. The summed E-state index contributed by atoms with van der Waals surface area (Å²) in [6, 6.07) is 12.2. The normalized spacial score (nSPS) is 12.1. The third kappa shape index (κ3) is 3.33. The molecule has 146 valence electrons. The Bertz CT molecular complexity index is 1140. The average Bonchev–Trinajstić information content (AvgIpc) is 2.65. The van der Waals surface area contributed by atoms with Crippen molar-refractivity contribution in [2.24, 2.45) is 14.1 Å². The fourth-order valence-corrected chi connectivity index (χ4v) is 3.60. The summed E-state index contributed by atoms with van der Waals surface area (Å²) in [7, 11) is 3.26. The molecule has 28 heavy (non-hydrogen) atoms. The molecule has 1 atom stereocenters. The minimum absolute atomic E-state index is 0.116. The van der Waals surface area contributed by atoms with Crippen molar-refractivity contribution < 1.29 is 10.2 Å². The van der Waals surface area contributed by atoms with Crippen LogP contribution in [0.15, 0.2) is 52.1 Å². The minimum atomic E-state index is -0.617. The Morgan fingerprint density at radius 3 is 2.14 bits per heavy atom. The molecule has 6 nitrogen and oxygen atoms in total. The highest BCUT2D eigenvalue weighted by molar-refractivity contribution is 5.48. The largest absolute Gasteiger partial charge is 0.507 e. The molecule has 3 aromatic rings. The molecule has 2 heterocycles. The number of nitrogens with zero attached hydrogens (tertiary/aromatic N) is 2. The maximum absolute atomic E-state index is 13.0. The number of hydrogen-bond donors (Lipinski definition) is 2. The lowest BCUT2D eigenvalue weighted by Gasteiger charge is -2.23. The second kappa shape index (κ2) is 7.38. The van der Waals surface area contributed by atoms with Crippen molar-refractivity contribution in [3.05, 3.63) is 91.3 Å². The lowest BCUT2D eigenvalue weighted by atomic mass is 9.84. The molecule has 0 amide bonds. The van der Waals surface area contributed by atoms with E-state index in [0.29, 0.717) is 23.4 Å². The second-order valence-corrected chi connectivity index (χ2v) is 7.12. The molecule has 1 aromatic carbocycles. The summed E-state index contributed by atoms with van der Waals surface area (Å²) in [6.07, 6.45) is 0.388. The van der Waals surface area contributed by atoms with Crippen LogP contribution in [0.1, 0.15) is 34.0 Å². The van der Waals surface area contributed by atoms with E-state index >= 15 is 0 Å². The van der Waals surface area contributed by atoms with Gasteiger partial charge in [0, 0.05) is 43.0 Å². The third-order valence-electron chi connectivity index (χ3n) is 5.42. The van der Waals surface area contributed by atoms with Crippen LogP contribution in [-0.4, -0.2) is 19.3 Å². The van der Waals surface area contributed by atoms with E-state index in [4.69, 9.17) is 0 Å². The number of benzene rings is 1. The lowest BCUT2D eigenvalue weighted by Crippen LogP contribution is -2.28. The smallest absolute Gasteiger partial charge is 0.258 e. The van der Waals surface area contributed by atoms with E-state index in [1.165, 1.54) is 9.13 Å². The Morgan fingerprint density at radius 2 is 1.50 bits per heavy atom. The van der Waals surface area contributed by atoms with Gasteiger partial charge in [-0.25, -0.2) is 0 Å². The van der Waals surface area contributed by atoms with Crippen LogP contribution in [0.5, 0.6) is 11.5 Å². The van der Waals surface area contributed by atoms with E-state index < -0.39 is 5.92 Å². The van der Waals surface area contributed by atoms with E-state index in [9.17, 15) is 19.8 Å². The van der Waals surface area contributed by atoms with Crippen LogP contribution in [0.3, 0.4) is 0 Å².